The molecule has 2 aliphatic rings. The van der Waals surface area contributed by atoms with Gasteiger partial charge < -0.3 is 28.6 Å². The number of nitrogens with zero attached hydrogens (tertiary/aromatic N) is 5. The van der Waals surface area contributed by atoms with E-state index < -0.39 is 11.2 Å². The van der Waals surface area contributed by atoms with Crippen LogP contribution in [0.1, 0.15) is 93.8 Å². The average molecular weight is 794 g/mol. The second-order valence-corrected chi connectivity index (χ2v) is 18.6. The zero-order valence-corrected chi connectivity index (χ0v) is 36.1. The number of piperidine rings is 1. The highest BCUT2D eigenvalue weighted by Gasteiger charge is 2.45. The van der Waals surface area contributed by atoms with E-state index in [0.717, 1.165) is 87.8 Å². The van der Waals surface area contributed by atoms with Crippen molar-refractivity contribution >= 4 is 33.7 Å². The number of hydrogen-bond acceptors (Lipinski definition) is 7. The minimum absolute atomic E-state index is 0.181. The predicted octanol–water partition coefficient (Wildman–Crippen LogP) is 9.56. The summed E-state index contributed by atoms with van der Waals surface area (Å²) in [6.07, 6.45) is 2.90. The number of aromatic nitrogens is 3. The molecule has 0 radical (unpaired) electrons. The maximum atomic E-state index is 14.5. The van der Waals surface area contributed by atoms with Crippen LogP contribution in [0.25, 0.3) is 32.8 Å². The molecule has 0 N–H and O–H groups in total. The van der Waals surface area contributed by atoms with Crippen LogP contribution in [-0.4, -0.2) is 86.7 Å². The van der Waals surface area contributed by atoms with Crippen molar-refractivity contribution in [3.8, 4) is 16.9 Å². The molecule has 2 aliphatic heterocycles. The molecule has 5 aromatic rings. The van der Waals surface area contributed by atoms with Crippen LogP contribution < -0.4 is 4.74 Å². The molecule has 0 unspecified atom stereocenters. The largest absolute Gasteiger partial charge is 0.493 e. The van der Waals surface area contributed by atoms with Crippen LogP contribution in [0.3, 0.4) is 0 Å². The number of benzene rings is 3. The van der Waals surface area contributed by atoms with Gasteiger partial charge in [0.2, 0.25) is 0 Å². The molecule has 2 saturated heterocycles. The number of likely N-dealkylation sites (tertiary alicyclic amines) is 2. The Morgan fingerprint density at radius 3 is 2.21 bits per heavy atom. The molecule has 2 aromatic heterocycles. The summed E-state index contributed by atoms with van der Waals surface area (Å²) in [5.41, 5.74) is 6.81. The summed E-state index contributed by atoms with van der Waals surface area (Å²) in [7, 11) is 1.97. The van der Waals surface area contributed by atoms with E-state index in [-0.39, 0.29) is 23.3 Å². The Kier molecular flexibility index (Phi) is 11.2. The average Bonchev–Trinajstić information content (AvgIpc) is 3.57. The van der Waals surface area contributed by atoms with Crippen molar-refractivity contribution in [3.05, 3.63) is 82.6 Å². The number of fused-ring (bicyclic) bond motifs is 2. The van der Waals surface area contributed by atoms with Gasteiger partial charge in [0, 0.05) is 73.9 Å². The van der Waals surface area contributed by atoms with Crippen LogP contribution >= 0.6 is 0 Å². The van der Waals surface area contributed by atoms with Crippen molar-refractivity contribution in [2.24, 2.45) is 12.5 Å². The van der Waals surface area contributed by atoms with Crippen molar-refractivity contribution in [1.82, 2.24) is 24.1 Å². The van der Waals surface area contributed by atoms with Crippen LogP contribution in [0.2, 0.25) is 0 Å². The number of hydrogen-bond donors (Lipinski definition) is 0. The van der Waals surface area contributed by atoms with E-state index in [4.69, 9.17) is 19.3 Å². The molecule has 11 heteroatoms. The first-order chi connectivity index (χ1) is 27.3. The lowest BCUT2D eigenvalue weighted by Crippen LogP contribution is -2.61. The van der Waals surface area contributed by atoms with Gasteiger partial charge in [-0.2, -0.15) is 5.10 Å². The molecular weight excluding hydrogens is 734 g/mol. The highest BCUT2D eigenvalue weighted by Crippen LogP contribution is 2.43. The second kappa shape index (κ2) is 15.7. The fourth-order valence-corrected chi connectivity index (χ4v) is 9.00. The summed E-state index contributed by atoms with van der Waals surface area (Å²) in [6.45, 7) is 22.8. The van der Waals surface area contributed by atoms with Crippen LogP contribution in [0.5, 0.6) is 5.75 Å². The molecule has 0 atom stereocenters. The third kappa shape index (κ3) is 8.46. The molecule has 10 nitrogen and oxygen atoms in total. The van der Waals surface area contributed by atoms with Crippen molar-refractivity contribution in [3.63, 3.8) is 0 Å². The first-order valence-electron chi connectivity index (χ1n) is 20.7. The molecule has 1 spiro atoms. The normalized spacial score (nSPS) is 15.9. The van der Waals surface area contributed by atoms with E-state index in [9.17, 15) is 14.0 Å². The quantitative estimate of drug-likeness (QED) is 0.103. The Morgan fingerprint density at radius 1 is 0.862 bits per heavy atom. The van der Waals surface area contributed by atoms with Gasteiger partial charge in [0.25, 0.3) is 0 Å². The maximum absolute atomic E-state index is 14.5. The Morgan fingerprint density at radius 2 is 1.55 bits per heavy atom. The minimum atomic E-state index is -0.695. The van der Waals surface area contributed by atoms with Crippen LogP contribution in [0.4, 0.5) is 9.18 Å². The summed E-state index contributed by atoms with van der Waals surface area (Å²) in [5, 5.41) is 7.48. The van der Waals surface area contributed by atoms with Gasteiger partial charge >= 0.3 is 12.1 Å². The van der Waals surface area contributed by atoms with Gasteiger partial charge in [-0.3, -0.25) is 4.68 Å². The fraction of sp³-hybridized carbons (Fsp3) is 0.511. The molecule has 310 valence electrons. The number of halogens is 1. The number of esters is 1. The first-order valence-corrected chi connectivity index (χ1v) is 20.7. The highest BCUT2D eigenvalue weighted by atomic mass is 19.1. The fourth-order valence-electron chi connectivity index (χ4n) is 9.00. The number of carbonyl (C=O) groups is 2. The minimum Gasteiger partial charge on any atom is -0.493 e. The van der Waals surface area contributed by atoms with Crippen molar-refractivity contribution < 1.29 is 28.2 Å². The molecule has 2 fully saturated rings. The van der Waals surface area contributed by atoms with Gasteiger partial charge in [-0.15, -0.1) is 0 Å². The lowest BCUT2D eigenvalue weighted by Gasteiger charge is -2.54. The van der Waals surface area contributed by atoms with Crippen LogP contribution in [-0.2, 0) is 29.5 Å². The van der Waals surface area contributed by atoms with Gasteiger partial charge in [-0.05, 0) is 134 Å². The smallest absolute Gasteiger partial charge is 0.410 e. The molecule has 4 heterocycles. The van der Waals surface area contributed by atoms with Gasteiger partial charge in [-0.25, -0.2) is 14.0 Å². The van der Waals surface area contributed by atoms with Gasteiger partial charge in [0.1, 0.15) is 28.5 Å². The SMILES string of the molecule is Cc1ccc2c(CCCOc3cccc4cc(F)ccc34)c(C(=O)OC(C)(C)C)n(CCN3CC4(CCN(C(=O)OC(C)(C)C)CC4)C3)c2c1-c1c(C)nn(C)c1C. The number of carbonyl (C=O) groups excluding carboxylic acids is 2. The third-order valence-electron chi connectivity index (χ3n) is 11.8. The summed E-state index contributed by atoms with van der Waals surface area (Å²) >= 11 is 0. The van der Waals surface area contributed by atoms with Crippen LogP contribution in [0.15, 0.2) is 48.5 Å². The topological polar surface area (TPSA) is 91.1 Å². The summed E-state index contributed by atoms with van der Waals surface area (Å²) in [5.74, 6) is 0.0836. The zero-order valence-electron chi connectivity index (χ0n) is 36.1. The van der Waals surface area contributed by atoms with Crippen molar-refractivity contribution in [2.45, 2.75) is 106 Å². The van der Waals surface area contributed by atoms with E-state index in [1.54, 1.807) is 6.07 Å². The monoisotopic (exact) mass is 793 g/mol. The number of ether oxygens (including phenoxy) is 3. The molecule has 7 rings (SSSR count). The zero-order chi connectivity index (χ0) is 41.7. The summed E-state index contributed by atoms with van der Waals surface area (Å²) in [6, 6.07) is 14.7. The van der Waals surface area contributed by atoms with E-state index in [1.165, 1.54) is 12.1 Å². The molecule has 0 aliphatic carbocycles. The molecule has 0 bridgehead atoms. The molecule has 58 heavy (non-hydrogen) atoms. The maximum Gasteiger partial charge on any atom is 0.410 e. The molecular formula is C47H60FN5O5. The highest BCUT2D eigenvalue weighted by molar-refractivity contribution is 6.06. The van der Waals surface area contributed by atoms with Crippen LogP contribution in [0, 0.1) is 32.0 Å². The lowest BCUT2D eigenvalue weighted by atomic mass is 9.72. The Labute approximate surface area is 342 Å². The van der Waals surface area contributed by atoms with E-state index in [2.05, 4.69) is 42.4 Å². The predicted molar refractivity (Wildman–Crippen MR) is 227 cm³/mol. The third-order valence-corrected chi connectivity index (χ3v) is 11.8. The summed E-state index contributed by atoms with van der Waals surface area (Å²) in [4.78, 5) is 31.6. The van der Waals surface area contributed by atoms with Gasteiger partial charge in [0.05, 0.1) is 17.8 Å². The number of rotatable bonds is 10. The second-order valence-electron chi connectivity index (χ2n) is 18.6. The van der Waals surface area contributed by atoms with Crippen molar-refractivity contribution in [1.29, 1.82) is 0 Å². The standard InChI is InChI=1S/C47H60FN5O5/c1-30-16-18-37-36(14-12-26-56-38-15-11-13-33-27-34(48)17-19-35(33)38)42(43(54)57-45(4,5)6)53(41(37)39(30)40-31(2)49-50(10)32(40)3)25-24-51-28-47(29-51)20-22-52(23-21-47)44(55)58-46(7,8)9/h11,13,15-19,27H,12,14,20-26,28-29H2,1-10H3. The number of aryl methyl sites for hydroxylation is 4. The van der Waals surface area contributed by atoms with Gasteiger partial charge in [0.15, 0.2) is 0 Å². The molecule has 1 amide bonds. The number of amides is 1. The van der Waals surface area contributed by atoms with Gasteiger partial charge in [-0.1, -0.05) is 24.3 Å². The Bertz CT molecular complexity index is 2350. The molecule has 0 saturated carbocycles. The van der Waals surface area contributed by atoms with Crippen molar-refractivity contribution in [2.75, 3.05) is 39.3 Å². The van der Waals surface area contributed by atoms with E-state index in [1.807, 2.05) is 76.4 Å². The lowest BCUT2D eigenvalue weighted by molar-refractivity contribution is -0.0522. The summed E-state index contributed by atoms with van der Waals surface area (Å²) < 4.78 is 36.3. The Balaban J connectivity index is 1.20. The van der Waals surface area contributed by atoms with E-state index >= 15 is 0 Å². The first kappa shape index (κ1) is 41.3. The van der Waals surface area contributed by atoms with E-state index in [0.29, 0.717) is 50.5 Å². The molecule has 3 aromatic carbocycles. The Hall–Kier alpha value is -4.90.